The molecule has 0 radical (unpaired) electrons. The van der Waals surface area contributed by atoms with Crippen molar-refractivity contribution in [1.82, 2.24) is 15.3 Å². The summed E-state index contributed by atoms with van der Waals surface area (Å²) in [5.74, 6) is 1.41. The van der Waals surface area contributed by atoms with Gasteiger partial charge in [-0.15, -0.1) is 6.58 Å². The van der Waals surface area contributed by atoms with Gasteiger partial charge in [0, 0.05) is 17.8 Å². The summed E-state index contributed by atoms with van der Waals surface area (Å²) in [4.78, 5) is 21.4. The van der Waals surface area contributed by atoms with Crippen molar-refractivity contribution < 1.29 is 4.79 Å². The molecule has 4 nitrogen and oxygen atoms in total. The molecule has 1 atom stereocenters. The Bertz CT molecular complexity index is 712. The second kappa shape index (κ2) is 6.48. The zero-order chi connectivity index (χ0) is 15.5. The predicted molar refractivity (Wildman–Crippen MR) is 90.0 cm³/mol. The molecule has 3 rings (SSSR count). The molecule has 1 aliphatic carbocycles. The molecule has 5 heteroatoms. The number of hydrogen-bond acceptors (Lipinski definition) is 4. The largest absolute Gasteiger partial charge is 0.352 e. The molecule has 0 aliphatic heterocycles. The maximum atomic E-state index is 12.1. The monoisotopic (exact) mass is 313 g/mol. The van der Waals surface area contributed by atoms with E-state index in [1.54, 1.807) is 6.08 Å². The van der Waals surface area contributed by atoms with Gasteiger partial charge in [-0.05, 0) is 25.8 Å². The molecule has 0 bridgehead atoms. The number of benzene rings is 1. The molecule has 114 valence electrons. The van der Waals surface area contributed by atoms with Crippen LogP contribution in [0.15, 0.2) is 41.9 Å². The van der Waals surface area contributed by atoms with Gasteiger partial charge in [0.1, 0.15) is 10.9 Å². The quantitative estimate of drug-likeness (QED) is 0.505. The van der Waals surface area contributed by atoms with Crippen LogP contribution in [0.2, 0.25) is 0 Å². The number of fused-ring (bicyclic) bond motifs is 1. The molecule has 1 unspecified atom stereocenters. The van der Waals surface area contributed by atoms with Crippen molar-refractivity contribution in [2.24, 2.45) is 0 Å². The highest BCUT2D eigenvalue weighted by Crippen LogP contribution is 2.40. The third kappa shape index (κ3) is 3.30. The lowest BCUT2D eigenvalue weighted by atomic mass is 10.2. The van der Waals surface area contributed by atoms with Crippen LogP contribution in [0.5, 0.6) is 0 Å². The molecule has 1 fully saturated rings. The van der Waals surface area contributed by atoms with Crippen molar-refractivity contribution in [3.63, 3.8) is 0 Å². The first kappa shape index (κ1) is 15.0. The van der Waals surface area contributed by atoms with E-state index in [1.165, 1.54) is 11.8 Å². The second-order valence-electron chi connectivity index (χ2n) is 5.47. The molecule has 1 aromatic carbocycles. The summed E-state index contributed by atoms with van der Waals surface area (Å²) in [5, 5.41) is 4.54. The van der Waals surface area contributed by atoms with Gasteiger partial charge in [0.25, 0.3) is 0 Å². The Morgan fingerprint density at radius 2 is 2.23 bits per heavy atom. The summed E-state index contributed by atoms with van der Waals surface area (Å²) >= 11 is 1.49. The van der Waals surface area contributed by atoms with E-state index in [-0.39, 0.29) is 11.2 Å². The van der Waals surface area contributed by atoms with E-state index < -0.39 is 0 Å². The van der Waals surface area contributed by atoms with Crippen molar-refractivity contribution >= 4 is 28.6 Å². The summed E-state index contributed by atoms with van der Waals surface area (Å²) in [6, 6.07) is 7.99. The van der Waals surface area contributed by atoms with Crippen molar-refractivity contribution in [1.29, 1.82) is 0 Å². The first-order chi connectivity index (χ1) is 10.7. The lowest BCUT2D eigenvalue weighted by Crippen LogP contribution is -2.30. The minimum absolute atomic E-state index is 0.000523. The Morgan fingerprint density at radius 1 is 1.45 bits per heavy atom. The standard InChI is InChI=1S/C17H19N3OS/c1-3-10-18-16(21)11(2)22-17-13-6-4-5-7-14(13)19-15(20-17)12-8-9-12/h3-7,11-12H,1,8-10H2,2H3,(H,18,21). The van der Waals surface area contributed by atoms with E-state index in [9.17, 15) is 4.79 Å². The molecule has 1 amide bonds. The molecule has 0 saturated heterocycles. The zero-order valence-corrected chi connectivity index (χ0v) is 13.4. The van der Waals surface area contributed by atoms with Crippen molar-refractivity contribution in [2.75, 3.05) is 6.54 Å². The molecule has 1 heterocycles. The third-order valence-corrected chi connectivity index (χ3v) is 4.71. The van der Waals surface area contributed by atoms with Gasteiger partial charge in [-0.2, -0.15) is 0 Å². The Kier molecular flexibility index (Phi) is 4.43. The lowest BCUT2D eigenvalue weighted by Gasteiger charge is -2.13. The van der Waals surface area contributed by atoms with Gasteiger partial charge in [0.2, 0.25) is 5.91 Å². The third-order valence-electron chi connectivity index (χ3n) is 3.61. The summed E-state index contributed by atoms with van der Waals surface area (Å²) in [6.45, 7) is 6.00. The molecule has 1 aliphatic rings. The Morgan fingerprint density at radius 3 is 2.95 bits per heavy atom. The van der Waals surface area contributed by atoms with Crippen LogP contribution in [0.1, 0.15) is 31.5 Å². The molecule has 1 saturated carbocycles. The van der Waals surface area contributed by atoms with E-state index in [0.29, 0.717) is 12.5 Å². The van der Waals surface area contributed by atoms with E-state index in [4.69, 9.17) is 4.98 Å². The number of nitrogens with zero attached hydrogens (tertiary/aromatic N) is 2. The van der Waals surface area contributed by atoms with Gasteiger partial charge in [0.15, 0.2) is 0 Å². The molecule has 1 aromatic heterocycles. The highest BCUT2D eigenvalue weighted by Gasteiger charge is 2.28. The molecule has 22 heavy (non-hydrogen) atoms. The van der Waals surface area contributed by atoms with Crippen LogP contribution in [0.3, 0.4) is 0 Å². The van der Waals surface area contributed by atoms with E-state index >= 15 is 0 Å². The summed E-state index contributed by atoms with van der Waals surface area (Å²) in [5.41, 5.74) is 0.959. The van der Waals surface area contributed by atoms with Crippen LogP contribution in [-0.4, -0.2) is 27.7 Å². The first-order valence-corrected chi connectivity index (χ1v) is 8.39. The number of carbonyl (C=O) groups is 1. The lowest BCUT2D eigenvalue weighted by molar-refractivity contribution is -0.120. The minimum Gasteiger partial charge on any atom is -0.352 e. The molecule has 1 N–H and O–H groups in total. The molecular formula is C17H19N3OS. The number of thioether (sulfide) groups is 1. The average Bonchev–Trinajstić information content (AvgIpc) is 3.37. The summed E-state index contributed by atoms with van der Waals surface area (Å²) in [6.07, 6.45) is 4.01. The van der Waals surface area contributed by atoms with Crippen molar-refractivity contribution in [3.05, 3.63) is 42.7 Å². The number of hydrogen-bond donors (Lipinski definition) is 1. The van der Waals surface area contributed by atoms with E-state index in [1.807, 2.05) is 31.2 Å². The number of aromatic nitrogens is 2. The smallest absolute Gasteiger partial charge is 0.233 e. The average molecular weight is 313 g/mol. The fraction of sp³-hybridized carbons (Fsp3) is 0.353. The molecule has 0 spiro atoms. The highest BCUT2D eigenvalue weighted by molar-refractivity contribution is 8.00. The van der Waals surface area contributed by atoms with E-state index in [2.05, 4.69) is 16.9 Å². The van der Waals surface area contributed by atoms with Crippen LogP contribution < -0.4 is 5.32 Å². The number of para-hydroxylation sites is 1. The Labute approximate surface area is 134 Å². The van der Waals surface area contributed by atoms with Crippen molar-refractivity contribution in [2.45, 2.75) is 36.0 Å². The topological polar surface area (TPSA) is 54.9 Å². The number of carbonyl (C=O) groups excluding carboxylic acids is 1. The molecule has 2 aromatic rings. The van der Waals surface area contributed by atoms with Gasteiger partial charge in [-0.1, -0.05) is 36.0 Å². The van der Waals surface area contributed by atoms with Gasteiger partial charge < -0.3 is 5.32 Å². The van der Waals surface area contributed by atoms with Gasteiger partial charge in [-0.3, -0.25) is 4.79 Å². The van der Waals surface area contributed by atoms with Crippen LogP contribution >= 0.6 is 11.8 Å². The minimum atomic E-state index is -0.203. The first-order valence-electron chi connectivity index (χ1n) is 7.51. The second-order valence-corrected chi connectivity index (χ2v) is 6.80. The maximum absolute atomic E-state index is 12.1. The van der Waals surface area contributed by atoms with Crippen LogP contribution in [0.25, 0.3) is 10.9 Å². The van der Waals surface area contributed by atoms with Crippen molar-refractivity contribution in [3.8, 4) is 0 Å². The summed E-state index contributed by atoms with van der Waals surface area (Å²) in [7, 11) is 0. The summed E-state index contributed by atoms with van der Waals surface area (Å²) < 4.78 is 0. The fourth-order valence-electron chi connectivity index (χ4n) is 2.22. The van der Waals surface area contributed by atoms with Crippen LogP contribution in [0.4, 0.5) is 0 Å². The van der Waals surface area contributed by atoms with E-state index in [0.717, 1.165) is 34.6 Å². The van der Waals surface area contributed by atoms with Crippen LogP contribution in [0, 0.1) is 0 Å². The number of rotatable bonds is 6. The Balaban J connectivity index is 1.88. The normalized spacial score (nSPS) is 15.5. The highest BCUT2D eigenvalue weighted by atomic mass is 32.2. The number of amides is 1. The van der Waals surface area contributed by atoms with Gasteiger partial charge in [0.05, 0.1) is 10.8 Å². The SMILES string of the molecule is C=CCNC(=O)C(C)Sc1nc(C2CC2)nc2ccccc12. The van der Waals surface area contributed by atoms with Gasteiger partial charge in [-0.25, -0.2) is 9.97 Å². The van der Waals surface area contributed by atoms with Gasteiger partial charge >= 0.3 is 0 Å². The Hall–Kier alpha value is -1.88. The van der Waals surface area contributed by atoms with Crippen LogP contribution in [-0.2, 0) is 4.79 Å². The predicted octanol–water partition coefficient (Wildman–Crippen LogP) is 3.29. The molecular weight excluding hydrogens is 294 g/mol. The zero-order valence-electron chi connectivity index (χ0n) is 12.6. The maximum Gasteiger partial charge on any atom is 0.233 e. The fourth-order valence-corrected chi connectivity index (χ4v) is 3.19. The number of nitrogens with one attached hydrogen (secondary N) is 1.